The fourth-order valence-corrected chi connectivity index (χ4v) is 1.72. The van der Waals surface area contributed by atoms with E-state index in [1.165, 1.54) is 0 Å². The fraction of sp³-hybridized carbons (Fsp3) is 0.300. The first-order valence-electron chi connectivity index (χ1n) is 4.46. The number of aliphatic hydroxyl groups is 1. The van der Waals surface area contributed by atoms with Crippen LogP contribution >= 0.6 is 0 Å². The van der Waals surface area contributed by atoms with Gasteiger partial charge in [0.2, 0.25) is 0 Å². The number of hydrogen-bond acceptors (Lipinski definition) is 3. The van der Waals surface area contributed by atoms with Gasteiger partial charge in [0.25, 0.3) is 5.91 Å². The minimum absolute atomic E-state index is 0.288. The molecule has 0 bridgehead atoms. The molecule has 1 amide bonds. The number of amides is 1. The van der Waals surface area contributed by atoms with Gasteiger partial charge in [-0.2, -0.15) is 0 Å². The van der Waals surface area contributed by atoms with Crippen LogP contribution in [0, 0.1) is 0 Å². The maximum absolute atomic E-state index is 11.2. The van der Waals surface area contributed by atoms with Crippen LogP contribution in [0.2, 0.25) is 0 Å². The third kappa shape index (κ3) is 1.38. The van der Waals surface area contributed by atoms with Gasteiger partial charge in [-0.1, -0.05) is 30.3 Å². The highest BCUT2D eigenvalue weighted by atomic mass is 16.3. The Labute approximate surface area is 82.1 Å². The van der Waals surface area contributed by atoms with E-state index in [1.54, 1.807) is 12.1 Å². The Morgan fingerprint density at radius 1 is 1.36 bits per heavy atom. The molecule has 2 N–H and O–H groups in total. The Morgan fingerprint density at radius 3 is 2.50 bits per heavy atom. The zero-order valence-electron chi connectivity index (χ0n) is 7.84. The maximum atomic E-state index is 11.2. The number of carbonyl (C=O) groups excluding carboxylic acids is 1. The molecule has 1 aromatic carbocycles. The standard InChI is InChI=1S/C10H12N2O2/c1-12-8(9(13)10(14)11-12)7-5-3-2-4-6-7/h2-6,8-9,13H,1H3,(H,11,14). The van der Waals surface area contributed by atoms with Crippen molar-refractivity contribution < 1.29 is 9.90 Å². The topological polar surface area (TPSA) is 52.6 Å². The van der Waals surface area contributed by atoms with Crippen molar-refractivity contribution in [2.45, 2.75) is 12.1 Å². The van der Waals surface area contributed by atoms with Crippen molar-refractivity contribution in [3.63, 3.8) is 0 Å². The van der Waals surface area contributed by atoms with Crippen molar-refractivity contribution in [3.05, 3.63) is 35.9 Å². The number of hydrazine groups is 1. The van der Waals surface area contributed by atoms with Gasteiger partial charge >= 0.3 is 0 Å². The van der Waals surface area contributed by atoms with Gasteiger partial charge in [-0.3, -0.25) is 10.2 Å². The highest BCUT2D eigenvalue weighted by molar-refractivity contribution is 5.83. The summed E-state index contributed by atoms with van der Waals surface area (Å²) in [6.07, 6.45) is -0.984. The maximum Gasteiger partial charge on any atom is 0.265 e. The molecule has 1 aromatic rings. The van der Waals surface area contributed by atoms with E-state index in [1.807, 2.05) is 30.3 Å². The molecule has 1 aliphatic heterocycles. The second kappa shape index (κ2) is 3.40. The smallest absolute Gasteiger partial charge is 0.265 e. The van der Waals surface area contributed by atoms with Gasteiger partial charge in [0.15, 0.2) is 6.10 Å². The van der Waals surface area contributed by atoms with Crippen molar-refractivity contribution in [1.82, 2.24) is 10.4 Å². The molecule has 4 heteroatoms. The minimum atomic E-state index is -0.984. The second-order valence-corrected chi connectivity index (χ2v) is 3.39. The summed E-state index contributed by atoms with van der Waals surface area (Å²) in [5.74, 6) is -0.346. The van der Waals surface area contributed by atoms with E-state index < -0.39 is 6.10 Å². The number of aliphatic hydroxyl groups excluding tert-OH is 1. The lowest BCUT2D eigenvalue weighted by molar-refractivity contribution is -0.126. The summed E-state index contributed by atoms with van der Waals surface area (Å²) >= 11 is 0. The van der Waals surface area contributed by atoms with Gasteiger partial charge in [0.05, 0.1) is 6.04 Å². The van der Waals surface area contributed by atoms with Crippen molar-refractivity contribution >= 4 is 5.91 Å². The third-order valence-corrected chi connectivity index (χ3v) is 2.41. The molecule has 0 spiro atoms. The Hall–Kier alpha value is -1.39. The minimum Gasteiger partial charge on any atom is -0.381 e. The van der Waals surface area contributed by atoms with E-state index in [4.69, 9.17) is 0 Å². The van der Waals surface area contributed by atoms with Gasteiger partial charge in [0, 0.05) is 7.05 Å². The molecule has 4 nitrogen and oxygen atoms in total. The molecule has 2 atom stereocenters. The predicted octanol–water partition coefficient (Wildman–Crippen LogP) is 0.0652. The molecule has 1 aliphatic rings. The number of likely N-dealkylation sites (N-methyl/N-ethyl adjacent to an activating group) is 1. The average molecular weight is 192 g/mol. The summed E-state index contributed by atoms with van der Waals surface area (Å²) < 4.78 is 0. The lowest BCUT2D eigenvalue weighted by Crippen LogP contribution is -2.30. The lowest BCUT2D eigenvalue weighted by Gasteiger charge is -2.19. The van der Waals surface area contributed by atoms with Crippen LogP contribution in [0.4, 0.5) is 0 Å². The van der Waals surface area contributed by atoms with E-state index in [0.29, 0.717) is 0 Å². The van der Waals surface area contributed by atoms with Crippen LogP contribution in [-0.2, 0) is 4.79 Å². The highest BCUT2D eigenvalue weighted by Gasteiger charge is 2.38. The molecular weight excluding hydrogens is 180 g/mol. The van der Waals surface area contributed by atoms with Crippen LogP contribution in [0.1, 0.15) is 11.6 Å². The number of nitrogens with zero attached hydrogens (tertiary/aromatic N) is 1. The summed E-state index contributed by atoms with van der Waals surface area (Å²) in [5, 5.41) is 11.3. The first-order valence-corrected chi connectivity index (χ1v) is 4.46. The zero-order chi connectivity index (χ0) is 10.1. The number of hydrogen-bond donors (Lipinski definition) is 2. The molecule has 0 aromatic heterocycles. The normalized spacial score (nSPS) is 27.7. The van der Waals surface area contributed by atoms with Crippen LogP contribution < -0.4 is 5.43 Å². The van der Waals surface area contributed by atoms with Gasteiger partial charge in [0.1, 0.15) is 0 Å². The van der Waals surface area contributed by atoms with E-state index in [-0.39, 0.29) is 11.9 Å². The quantitative estimate of drug-likeness (QED) is 0.661. The van der Waals surface area contributed by atoms with Crippen LogP contribution in [0.3, 0.4) is 0 Å². The first-order chi connectivity index (χ1) is 6.70. The SMILES string of the molecule is CN1NC(=O)C(O)C1c1ccccc1. The van der Waals surface area contributed by atoms with E-state index in [9.17, 15) is 9.90 Å². The number of benzene rings is 1. The van der Waals surface area contributed by atoms with Crippen molar-refractivity contribution in [1.29, 1.82) is 0 Å². The van der Waals surface area contributed by atoms with E-state index in [0.717, 1.165) is 5.56 Å². The summed E-state index contributed by atoms with van der Waals surface area (Å²) in [6, 6.07) is 9.18. The Bertz CT molecular complexity index is 339. The van der Waals surface area contributed by atoms with Crippen molar-refractivity contribution in [2.24, 2.45) is 0 Å². The zero-order valence-corrected chi connectivity index (χ0v) is 7.84. The highest BCUT2D eigenvalue weighted by Crippen LogP contribution is 2.25. The summed E-state index contributed by atoms with van der Waals surface area (Å²) in [4.78, 5) is 11.2. The lowest BCUT2D eigenvalue weighted by atomic mass is 10.0. The average Bonchev–Trinajstić information content (AvgIpc) is 2.43. The van der Waals surface area contributed by atoms with Crippen LogP contribution in [0.25, 0.3) is 0 Å². The molecule has 14 heavy (non-hydrogen) atoms. The van der Waals surface area contributed by atoms with Crippen LogP contribution in [0.15, 0.2) is 30.3 Å². The first kappa shape index (κ1) is 9.18. The van der Waals surface area contributed by atoms with E-state index >= 15 is 0 Å². The van der Waals surface area contributed by atoms with Crippen LogP contribution in [0.5, 0.6) is 0 Å². The van der Waals surface area contributed by atoms with Gasteiger partial charge in [-0.05, 0) is 5.56 Å². The molecule has 74 valence electrons. The summed E-state index contributed by atoms with van der Waals surface area (Å²) in [6.45, 7) is 0. The number of carbonyl (C=O) groups is 1. The fourth-order valence-electron chi connectivity index (χ4n) is 1.72. The third-order valence-electron chi connectivity index (χ3n) is 2.41. The van der Waals surface area contributed by atoms with Gasteiger partial charge in [-0.15, -0.1) is 0 Å². The Morgan fingerprint density at radius 2 is 2.00 bits per heavy atom. The van der Waals surface area contributed by atoms with Gasteiger partial charge in [-0.25, -0.2) is 5.01 Å². The Balaban J connectivity index is 2.31. The molecule has 0 saturated carbocycles. The largest absolute Gasteiger partial charge is 0.381 e. The van der Waals surface area contributed by atoms with Crippen molar-refractivity contribution in [3.8, 4) is 0 Å². The van der Waals surface area contributed by atoms with Crippen LogP contribution in [-0.4, -0.2) is 29.2 Å². The molecular formula is C10H12N2O2. The molecule has 0 radical (unpaired) electrons. The summed E-state index contributed by atoms with van der Waals surface area (Å²) in [7, 11) is 1.74. The monoisotopic (exact) mass is 192 g/mol. The summed E-state index contributed by atoms with van der Waals surface area (Å²) in [5.41, 5.74) is 3.49. The molecule has 1 heterocycles. The molecule has 2 unspecified atom stereocenters. The second-order valence-electron chi connectivity index (χ2n) is 3.39. The predicted molar refractivity (Wildman–Crippen MR) is 51.1 cm³/mol. The van der Waals surface area contributed by atoms with Gasteiger partial charge < -0.3 is 5.11 Å². The van der Waals surface area contributed by atoms with E-state index in [2.05, 4.69) is 5.43 Å². The molecule has 1 saturated heterocycles. The Kier molecular flexibility index (Phi) is 2.23. The number of rotatable bonds is 1. The molecule has 1 fully saturated rings. The molecule has 0 aliphatic carbocycles. The number of nitrogens with one attached hydrogen (secondary N) is 1. The van der Waals surface area contributed by atoms with Crippen molar-refractivity contribution in [2.75, 3.05) is 7.05 Å². The molecule has 2 rings (SSSR count).